The highest BCUT2D eigenvalue weighted by molar-refractivity contribution is 7.89. The smallest absolute Gasteiger partial charge is 0.243 e. The van der Waals surface area contributed by atoms with Gasteiger partial charge in [0.25, 0.3) is 0 Å². The molecule has 0 spiro atoms. The van der Waals surface area contributed by atoms with E-state index in [1.165, 1.54) is 22.0 Å². The number of carbonyl (C=O) groups excluding carboxylic acids is 1. The molecule has 0 bridgehead atoms. The van der Waals surface area contributed by atoms with Gasteiger partial charge in [0, 0.05) is 30.6 Å². The molecule has 1 fully saturated rings. The third-order valence-corrected chi connectivity index (χ3v) is 7.39. The molecule has 0 unspecified atom stereocenters. The van der Waals surface area contributed by atoms with E-state index >= 15 is 0 Å². The van der Waals surface area contributed by atoms with Crippen molar-refractivity contribution in [2.45, 2.75) is 30.6 Å². The van der Waals surface area contributed by atoms with Gasteiger partial charge in [0.1, 0.15) is 0 Å². The summed E-state index contributed by atoms with van der Waals surface area (Å²) in [5.74, 6) is 0.0847. The molecule has 1 heterocycles. The first-order chi connectivity index (χ1) is 13.4. The lowest BCUT2D eigenvalue weighted by atomic mass is 9.96. The minimum Gasteiger partial charge on any atom is -0.355 e. The lowest BCUT2D eigenvalue weighted by Crippen LogP contribution is -2.43. The van der Waals surface area contributed by atoms with Gasteiger partial charge in [-0.1, -0.05) is 48.9 Å². The highest BCUT2D eigenvalue weighted by Crippen LogP contribution is 2.25. The van der Waals surface area contributed by atoms with Crippen LogP contribution in [-0.4, -0.2) is 38.3 Å². The number of piperidine rings is 1. The van der Waals surface area contributed by atoms with E-state index in [4.69, 9.17) is 11.6 Å². The van der Waals surface area contributed by atoms with Crippen molar-refractivity contribution >= 4 is 27.5 Å². The number of hydrogen-bond acceptors (Lipinski definition) is 3. The monoisotopic (exact) mass is 420 g/mol. The van der Waals surface area contributed by atoms with E-state index in [0.717, 1.165) is 0 Å². The highest BCUT2D eigenvalue weighted by Gasteiger charge is 2.32. The van der Waals surface area contributed by atoms with E-state index < -0.39 is 10.0 Å². The van der Waals surface area contributed by atoms with Crippen molar-refractivity contribution in [1.82, 2.24) is 9.62 Å². The Balaban J connectivity index is 1.52. The summed E-state index contributed by atoms with van der Waals surface area (Å²) < 4.78 is 26.9. The second kappa shape index (κ2) is 9.07. The standard InChI is InChI=1S/C21H25ClN2O3S/c1-16(17-5-3-2-4-6-17)15-23-21(25)18-11-13-24(14-12-18)28(26,27)20-9-7-19(22)8-10-20/h2-10,16,18H,11-15H2,1H3,(H,23,25)/t16-/m1/s1. The van der Waals surface area contributed by atoms with Crippen LogP contribution < -0.4 is 5.32 Å². The highest BCUT2D eigenvalue weighted by atomic mass is 35.5. The number of halogens is 1. The van der Waals surface area contributed by atoms with Crippen LogP contribution in [0.4, 0.5) is 0 Å². The fourth-order valence-corrected chi connectivity index (χ4v) is 5.01. The zero-order valence-electron chi connectivity index (χ0n) is 15.8. The predicted octanol–water partition coefficient (Wildman–Crippen LogP) is 3.66. The predicted molar refractivity (Wildman–Crippen MR) is 111 cm³/mol. The van der Waals surface area contributed by atoms with Gasteiger partial charge in [0.15, 0.2) is 0 Å². The van der Waals surface area contributed by atoms with Gasteiger partial charge in [0.05, 0.1) is 4.90 Å². The van der Waals surface area contributed by atoms with Crippen molar-refractivity contribution in [2.24, 2.45) is 5.92 Å². The third kappa shape index (κ3) is 4.93. The second-order valence-electron chi connectivity index (χ2n) is 7.19. The van der Waals surface area contributed by atoms with Crippen molar-refractivity contribution < 1.29 is 13.2 Å². The second-order valence-corrected chi connectivity index (χ2v) is 9.56. The molecule has 150 valence electrons. The summed E-state index contributed by atoms with van der Waals surface area (Å²) in [7, 11) is -3.55. The third-order valence-electron chi connectivity index (χ3n) is 5.23. The number of rotatable bonds is 6. The zero-order valence-corrected chi connectivity index (χ0v) is 17.4. The first-order valence-electron chi connectivity index (χ1n) is 9.46. The van der Waals surface area contributed by atoms with Crippen LogP contribution in [0.15, 0.2) is 59.5 Å². The molecular formula is C21H25ClN2O3S. The Bertz CT molecular complexity index is 893. The van der Waals surface area contributed by atoms with Crippen LogP contribution in [0.1, 0.15) is 31.2 Å². The minimum absolute atomic E-state index is 0.00585. The topological polar surface area (TPSA) is 66.5 Å². The molecule has 1 amide bonds. The molecule has 0 aliphatic carbocycles. The van der Waals surface area contributed by atoms with Gasteiger partial charge in [-0.25, -0.2) is 8.42 Å². The molecule has 2 aromatic rings. The average Bonchev–Trinajstić information content (AvgIpc) is 2.73. The normalized spacial score (nSPS) is 17.2. The summed E-state index contributed by atoms with van der Waals surface area (Å²) in [6.07, 6.45) is 1.05. The van der Waals surface area contributed by atoms with E-state index in [1.54, 1.807) is 12.1 Å². The molecule has 3 rings (SSSR count). The van der Waals surface area contributed by atoms with Crippen LogP contribution in [0, 0.1) is 5.92 Å². The largest absolute Gasteiger partial charge is 0.355 e. The lowest BCUT2D eigenvalue weighted by molar-refractivity contribution is -0.126. The molecule has 28 heavy (non-hydrogen) atoms. The van der Waals surface area contributed by atoms with Gasteiger partial charge in [-0.3, -0.25) is 4.79 Å². The fraction of sp³-hybridized carbons (Fsp3) is 0.381. The molecule has 1 atom stereocenters. The molecule has 1 aliphatic rings. The van der Waals surface area contributed by atoms with Gasteiger partial charge in [-0.05, 0) is 48.6 Å². The summed E-state index contributed by atoms with van der Waals surface area (Å²) in [5.41, 5.74) is 1.19. The van der Waals surface area contributed by atoms with Gasteiger partial charge in [0.2, 0.25) is 15.9 Å². The van der Waals surface area contributed by atoms with Gasteiger partial charge >= 0.3 is 0 Å². The van der Waals surface area contributed by atoms with E-state index in [0.29, 0.717) is 37.5 Å². The number of benzene rings is 2. The maximum Gasteiger partial charge on any atom is 0.243 e. The molecule has 0 saturated carbocycles. The Morgan fingerprint density at radius 1 is 1.11 bits per heavy atom. The summed E-state index contributed by atoms with van der Waals surface area (Å²) >= 11 is 5.84. The summed E-state index contributed by atoms with van der Waals surface area (Å²) in [4.78, 5) is 12.7. The molecule has 7 heteroatoms. The van der Waals surface area contributed by atoms with Crippen LogP contribution in [0.25, 0.3) is 0 Å². The Morgan fingerprint density at radius 2 is 1.71 bits per heavy atom. The first-order valence-corrected chi connectivity index (χ1v) is 11.3. The van der Waals surface area contributed by atoms with Crippen LogP contribution >= 0.6 is 11.6 Å². The molecule has 1 N–H and O–H groups in total. The van der Waals surface area contributed by atoms with Crippen LogP contribution in [0.5, 0.6) is 0 Å². The van der Waals surface area contributed by atoms with E-state index in [1.807, 2.05) is 18.2 Å². The van der Waals surface area contributed by atoms with Crippen molar-refractivity contribution in [1.29, 1.82) is 0 Å². The SMILES string of the molecule is C[C@H](CNC(=O)C1CCN(S(=O)(=O)c2ccc(Cl)cc2)CC1)c1ccccc1. The van der Waals surface area contributed by atoms with Gasteiger partial charge in [-0.15, -0.1) is 0 Å². The van der Waals surface area contributed by atoms with Crippen LogP contribution in [0.3, 0.4) is 0 Å². The summed E-state index contributed by atoms with van der Waals surface area (Å²) in [5, 5.41) is 3.52. The van der Waals surface area contributed by atoms with Gasteiger partial charge < -0.3 is 5.32 Å². The molecule has 1 aliphatic heterocycles. The average molecular weight is 421 g/mol. The lowest BCUT2D eigenvalue weighted by Gasteiger charge is -2.30. The number of amides is 1. The first kappa shape index (κ1) is 20.8. The van der Waals surface area contributed by atoms with E-state index in [2.05, 4.69) is 24.4 Å². The Labute approximate surface area is 171 Å². The molecular weight excluding hydrogens is 396 g/mol. The number of carbonyl (C=O) groups is 1. The van der Waals surface area contributed by atoms with E-state index in [9.17, 15) is 13.2 Å². The zero-order chi connectivity index (χ0) is 20.1. The Morgan fingerprint density at radius 3 is 2.32 bits per heavy atom. The maximum atomic E-state index is 12.7. The van der Waals surface area contributed by atoms with Crippen molar-refractivity contribution in [2.75, 3.05) is 19.6 Å². The number of hydrogen-bond donors (Lipinski definition) is 1. The fourth-order valence-electron chi connectivity index (χ4n) is 3.41. The molecule has 2 aromatic carbocycles. The van der Waals surface area contributed by atoms with Gasteiger partial charge in [-0.2, -0.15) is 4.31 Å². The molecule has 1 saturated heterocycles. The molecule has 0 aromatic heterocycles. The maximum absolute atomic E-state index is 12.7. The summed E-state index contributed by atoms with van der Waals surface area (Å²) in [6.45, 7) is 3.34. The van der Waals surface area contributed by atoms with Crippen LogP contribution in [0.2, 0.25) is 5.02 Å². The van der Waals surface area contributed by atoms with Crippen molar-refractivity contribution in [3.05, 3.63) is 65.2 Å². The van der Waals surface area contributed by atoms with E-state index in [-0.39, 0.29) is 22.6 Å². The minimum atomic E-state index is -3.55. The molecule has 5 nitrogen and oxygen atoms in total. The number of nitrogens with one attached hydrogen (secondary N) is 1. The Hall–Kier alpha value is -1.89. The Kier molecular flexibility index (Phi) is 6.75. The number of sulfonamides is 1. The number of nitrogens with zero attached hydrogens (tertiary/aromatic N) is 1. The summed E-state index contributed by atoms with van der Waals surface area (Å²) in [6, 6.07) is 16.2. The molecule has 0 radical (unpaired) electrons. The quantitative estimate of drug-likeness (QED) is 0.775. The van der Waals surface area contributed by atoms with Crippen molar-refractivity contribution in [3.8, 4) is 0 Å². The van der Waals surface area contributed by atoms with Crippen LogP contribution in [-0.2, 0) is 14.8 Å². The van der Waals surface area contributed by atoms with Crippen molar-refractivity contribution in [3.63, 3.8) is 0 Å².